The van der Waals surface area contributed by atoms with Gasteiger partial charge in [-0.1, -0.05) is 23.2 Å². The number of aliphatic hydroxyl groups is 2. The van der Waals surface area contributed by atoms with E-state index in [9.17, 15) is 0 Å². The van der Waals surface area contributed by atoms with Crippen LogP contribution in [0.4, 0.5) is 0 Å². The summed E-state index contributed by atoms with van der Waals surface area (Å²) >= 11 is 10.7. The third kappa shape index (κ3) is 1.17. The Balaban J connectivity index is 2.52. The summed E-state index contributed by atoms with van der Waals surface area (Å²) in [5.41, 5.74) is -2.63. The molecule has 1 rings (SSSR count). The summed E-state index contributed by atoms with van der Waals surface area (Å²) < 4.78 is 0. The van der Waals surface area contributed by atoms with Crippen molar-refractivity contribution in [1.29, 1.82) is 0 Å². The van der Waals surface area contributed by atoms with E-state index in [0.29, 0.717) is 12.8 Å². The molecular weight excluding hydrogens is 163 g/mol. The Labute approximate surface area is 63.4 Å². The van der Waals surface area contributed by atoms with E-state index in [1.54, 1.807) is 0 Å². The molecule has 1 aliphatic rings. The lowest BCUT2D eigenvalue weighted by atomic mass is 10.1. The second kappa shape index (κ2) is 2.27. The van der Waals surface area contributed by atoms with Crippen molar-refractivity contribution >= 4 is 23.2 Å². The van der Waals surface area contributed by atoms with E-state index in [1.807, 2.05) is 0 Å². The molecule has 0 amide bonds. The van der Waals surface area contributed by atoms with Gasteiger partial charge in [0.05, 0.1) is 5.41 Å². The molecular formula is C5H8Cl2O2. The van der Waals surface area contributed by atoms with Crippen molar-refractivity contribution in [3.63, 3.8) is 0 Å². The zero-order chi connectivity index (χ0) is 7.07. The number of rotatable bonds is 2. The molecule has 0 spiro atoms. The Hall–Kier alpha value is 0.500. The monoisotopic (exact) mass is 170 g/mol. The number of hydrogen-bond donors (Lipinski definition) is 2. The first-order valence-corrected chi connectivity index (χ1v) is 3.61. The van der Waals surface area contributed by atoms with Gasteiger partial charge in [-0.3, -0.25) is 0 Å². The Morgan fingerprint density at radius 2 is 1.44 bits per heavy atom. The highest BCUT2D eigenvalue weighted by Gasteiger charge is 2.53. The lowest BCUT2D eigenvalue weighted by Crippen LogP contribution is -2.25. The maximum atomic E-state index is 8.83. The molecule has 0 aliphatic heterocycles. The third-order valence-corrected chi connectivity index (χ3v) is 2.65. The van der Waals surface area contributed by atoms with Crippen LogP contribution in [0.3, 0.4) is 0 Å². The maximum absolute atomic E-state index is 8.83. The lowest BCUT2D eigenvalue weighted by Gasteiger charge is -2.17. The van der Waals surface area contributed by atoms with Gasteiger partial charge >= 0.3 is 0 Å². The molecule has 0 heterocycles. The summed E-state index contributed by atoms with van der Waals surface area (Å²) in [6.45, 7) is 0. The predicted molar refractivity (Wildman–Crippen MR) is 35.4 cm³/mol. The van der Waals surface area contributed by atoms with E-state index < -0.39 is 16.5 Å². The molecule has 1 saturated carbocycles. The topological polar surface area (TPSA) is 40.5 Å². The highest BCUT2D eigenvalue weighted by atomic mass is 35.5. The van der Waals surface area contributed by atoms with Crippen molar-refractivity contribution in [3.8, 4) is 0 Å². The fraction of sp³-hybridized carbons (Fsp3) is 1.00. The van der Waals surface area contributed by atoms with E-state index >= 15 is 0 Å². The molecule has 0 aromatic heterocycles. The van der Waals surface area contributed by atoms with Gasteiger partial charge in [0.1, 0.15) is 11.1 Å². The Morgan fingerprint density at radius 3 is 1.44 bits per heavy atom. The quantitative estimate of drug-likeness (QED) is 0.605. The number of aliphatic hydroxyl groups excluding tert-OH is 2. The summed E-state index contributed by atoms with van der Waals surface area (Å²) in [6.07, 6.45) is 1.42. The van der Waals surface area contributed by atoms with E-state index in [2.05, 4.69) is 0 Å². The van der Waals surface area contributed by atoms with Crippen molar-refractivity contribution < 1.29 is 10.2 Å². The second-order valence-electron chi connectivity index (χ2n) is 2.40. The average molecular weight is 171 g/mol. The smallest absolute Gasteiger partial charge is 0.137 e. The first-order valence-electron chi connectivity index (χ1n) is 2.74. The van der Waals surface area contributed by atoms with Crippen molar-refractivity contribution in [1.82, 2.24) is 0 Å². The molecule has 1 fully saturated rings. The summed E-state index contributed by atoms with van der Waals surface area (Å²) in [6, 6.07) is 0. The standard InChI is InChI=1S/C5H8Cl2O2/c6-3(8)5(1-2-5)4(7)9/h3-4,8-9H,1-2H2. The molecule has 2 nitrogen and oxygen atoms in total. The zero-order valence-corrected chi connectivity index (χ0v) is 6.23. The predicted octanol–water partition coefficient (Wildman–Crippen LogP) is 0.881. The highest BCUT2D eigenvalue weighted by molar-refractivity contribution is 6.23. The van der Waals surface area contributed by atoms with Gasteiger partial charge in [-0.15, -0.1) is 0 Å². The van der Waals surface area contributed by atoms with Crippen LogP contribution in [-0.4, -0.2) is 21.3 Å². The van der Waals surface area contributed by atoms with Gasteiger partial charge < -0.3 is 10.2 Å². The van der Waals surface area contributed by atoms with Crippen molar-refractivity contribution in [2.75, 3.05) is 0 Å². The van der Waals surface area contributed by atoms with Gasteiger partial charge in [-0.05, 0) is 12.8 Å². The first kappa shape index (κ1) is 7.61. The normalized spacial score (nSPS) is 29.3. The van der Waals surface area contributed by atoms with Crippen molar-refractivity contribution in [2.45, 2.75) is 24.0 Å². The summed E-state index contributed by atoms with van der Waals surface area (Å²) in [5.74, 6) is 0. The molecule has 0 saturated heterocycles. The number of halogens is 2. The molecule has 0 bridgehead atoms. The largest absolute Gasteiger partial charge is 0.377 e. The Morgan fingerprint density at radius 1 is 1.11 bits per heavy atom. The number of hydrogen-bond acceptors (Lipinski definition) is 2. The van der Waals surface area contributed by atoms with E-state index in [-0.39, 0.29) is 0 Å². The second-order valence-corrected chi connectivity index (χ2v) is 3.23. The SMILES string of the molecule is OC(Cl)C1(C(O)Cl)CC1. The minimum absolute atomic E-state index is 0.608. The van der Waals surface area contributed by atoms with Gasteiger partial charge in [0, 0.05) is 0 Å². The molecule has 2 N–H and O–H groups in total. The Kier molecular flexibility index (Phi) is 1.92. The summed E-state index contributed by atoms with van der Waals surface area (Å²) in [7, 11) is 0. The molecule has 54 valence electrons. The fourth-order valence-corrected chi connectivity index (χ4v) is 1.47. The zero-order valence-electron chi connectivity index (χ0n) is 4.72. The minimum atomic E-state index is -1.01. The molecule has 0 radical (unpaired) electrons. The van der Waals surface area contributed by atoms with Gasteiger partial charge in [-0.2, -0.15) is 0 Å². The van der Waals surface area contributed by atoms with Crippen LogP contribution in [-0.2, 0) is 0 Å². The molecule has 2 atom stereocenters. The van der Waals surface area contributed by atoms with Crippen LogP contribution in [0.2, 0.25) is 0 Å². The van der Waals surface area contributed by atoms with Gasteiger partial charge in [0.2, 0.25) is 0 Å². The van der Waals surface area contributed by atoms with Crippen LogP contribution in [0.5, 0.6) is 0 Å². The van der Waals surface area contributed by atoms with Gasteiger partial charge in [-0.25, -0.2) is 0 Å². The molecule has 1 aliphatic carbocycles. The Bertz CT molecular complexity index is 99.5. The van der Waals surface area contributed by atoms with Gasteiger partial charge in [0.25, 0.3) is 0 Å². The van der Waals surface area contributed by atoms with Crippen LogP contribution in [0, 0.1) is 5.41 Å². The molecule has 0 aromatic carbocycles. The lowest BCUT2D eigenvalue weighted by molar-refractivity contribution is 0.0817. The van der Waals surface area contributed by atoms with Gasteiger partial charge in [0.15, 0.2) is 0 Å². The fourth-order valence-electron chi connectivity index (χ4n) is 0.734. The molecule has 2 unspecified atom stereocenters. The minimum Gasteiger partial charge on any atom is -0.377 e. The van der Waals surface area contributed by atoms with Crippen LogP contribution < -0.4 is 0 Å². The first-order chi connectivity index (χ1) is 4.09. The van der Waals surface area contributed by atoms with Crippen molar-refractivity contribution in [2.24, 2.45) is 5.41 Å². The molecule has 4 heteroatoms. The van der Waals surface area contributed by atoms with Crippen LogP contribution in [0.1, 0.15) is 12.8 Å². The van der Waals surface area contributed by atoms with E-state index in [0.717, 1.165) is 0 Å². The molecule has 0 aromatic rings. The summed E-state index contributed by atoms with van der Waals surface area (Å²) in [5, 5.41) is 17.7. The van der Waals surface area contributed by atoms with Crippen molar-refractivity contribution in [3.05, 3.63) is 0 Å². The molecule has 9 heavy (non-hydrogen) atoms. The summed E-state index contributed by atoms with van der Waals surface area (Å²) in [4.78, 5) is 0. The van der Waals surface area contributed by atoms with Crippen LogP contribution in [0.15, 0.2) is 0 Å². The maximum Gasteiger partial charge on any atom is 0.137 e. The van der Waals surface area contributed by atoms with Crippen LogP contribution >= 0.6 is 23.2 Å². The number of alkyl halides is 2. The van der Waals surface area contributed by atoms with Crippen LogP contribution in [0.25, 0.3) is 0 Å². The average Bonchev–Trinajstić information content (AvgIpc) is 2.40. The van der Waals surface area contributed by atoms with E-state index in [4.69, 9.17) is 33.4 Å². The highest BCUT2D eigenvalue weighted by Crippen LogP contribution is 2.53. The van der Waals surface area contributed by atoms with E-state index in [1.165, 1.54) is 0 Å². The third-order valence-electron chi connectivity index (χ3n) is 1.78.